The second kappa shape index (κ2) is 6.26. The molecule has 0 spiro atoms. The second-order valence-corrected chi connectivity index (χ2v) is 5.23. The van der Waals surface area contributed by atoms with E-state index in [2.05, 4.69) is 22.9 Å². The molecule has 0 amide bonds. The van der Waals surface area contributed by atoms with E-state index in [9.17, 15) is 5.11 Å². The number of benzene rings is 1. The maximum Gasteiger partial charge on any atom is 0.133 e. The van der Waals surface area contributed by atoms with Crippen LogP contribution in [-0.2, 0) is 0 Å². The van der Waals surface area contributed by atoms with E-state index in [1.807, 2.05) is 25.1 Å². The Balaban J connectivity index is 2.22. The lowest BCUT2D eigenvalue weighted by molar-refractivity contribution is 0.217. The number of furan rings is 1. The molecule has 1 aromatic carbocycles. The van der Waals surface area contributed by atoms with Crippen molar-refractivity contribution in [3.8, 4) is 5.75 Å². The number of hydrogen-bond acceptors (Lipinski definition) is 3. The maximum atomic E-state index is 10.3. The molecule has 0 bridgehead atoms. The van der Waals surface area contributed by atoms with Gasteiger partial charge in [-0.25, -0.2) is 0 Å². The number of ether oxygens (including phenoxy) is 1. The summed E-state index contributed by atoms with van der Waals surface area (Å²) in [6.07, 6.45) is 1.86. The molecule has 1 unspecified atom stereocenters. The first-order valence-electron chi connectivity index (χ1n) is 6.27. The number of aliphatic hydroxyl groups is 1. The van der Waals surface area contributed by atoms with Crippen molar-refractivity contribution >= 4 is 15.9 Å². The van der Waals surface area contributed by atoms with Crippen LogP contribution >= 0.6 is 15.9 Å². The third-order valence-electron chi connectivity index (χ3n) is 2.93. The standard InChI is InChI=1S/C15H17BrO3/c1-3-7-19-14-5-4-11(9-13(14)16)15(17)12-6-8-18-10(12)2/h4-6,8-9,15,17H,3,7H2,1-2H3. The van der Waals surface area contributed by atoms with Gasteiger partial charge in [-0.1, -0.05) is 13.0 Å². The molecule has 1 heterocycles. The molecular formula is C15H17BrO3. The monoisotopic (exact) mass is 324 g/mol. The van der Waals surface area contributed by atoms with Crippen molar-refractivity contribution in [3.63, 3.8) is 0 Å². The zero-order valence-corrected chi connectivity index (χ0v) is 12.6. The minimum atomic E-state index is -0.685. The van der Waals surface area contributed by atoms with E-state index in [-0.39, 0.29) is 0 Å². The number of hydrogen-bond donors (Lipinski definition) is 1. The van der Waals surface area contributed by atoms with E-state index in [4.69, 9.17) is 9.15 Å². The Labute approximate surface area is 121 Å². The number of halogens is 1. The zero-order chi connectivity index (χ0) is 13.8. The molecule has 0 fully saturated rings. The highest BCUT2D eigenvalue weighted by Crippen LogP contribution is 2.32. The van der Waals surface area contributed by atoms with E-state index in [0.717, 1.165) is 33.5 Å². The molecule has 3 nitrogen and oxygen atoms in total. The minimum absolute atomic E-state index is 0.682. The van der Waals surface area contributed by atoms with Crippen molar-refractivity contribution < 1.29 is 14.3 Å². The van der Waals surface area contributed by atoms with E-state index in [1.165, 1.54) is 0 Å². The summed E-state index contributed by atoms with van der Waals surface area (Å²) in [6, 6.07) is 7.40. The third-order valence-corrected chi connectivity index (χ3v) is 3.55. The van der Waals surface area contributed by atoms with E-state index in [1.54, 1.807) is 12.3 Å². The Hall–Kier alpha value is -1.26. The molecule has 0 aliphatic rings. The van der Waals surface area contributed by atoms with Crippen LogP contribution < -0.4 is 4.74 Å². The summed E-state index contributed by atoms with van der Waals surface area (Å²) in [5.41, 5.74) is 1.59. The van der Waals surface area contributed by atoms with Gasteiger partial charge in [0.1, 0.15) is 17.6 Å². The number of aliphatic hydroxyl groups excluding tert-OH is 1. The number of aryl methyl sites for hydroxylation is 1. The third kappa shape index (κ3) is 3.19. The molecule has 2 aromatic rings. The van der Waals surface area contributed by atoms with Crippen molar-refractivity contribution in [2.45, 2.75) is 26.4 Å². The lowest BCUT2D eigenvalue weighted by Gasteiger charge is -2.13. The summed E-state index contributed by atoms with van der Waals surface area (Å²) >= 11 is 3.47. The molecule has 1 aromatic heterocycles. The molecule has 2 rings (SSSR count). The van der Waals surface area contributed by atoms with E-state index >= 15 is 0 Å². The summed E-state index contributed by atoms with van der Waals surface area (Å²) in [7, 11) is 0. The van der Waals surface area contributed by atoms with E-state index < -0.39 is 6.10 Å². The Morgan fingerprint density at radius 2 is 2.16 bits per heavy atom. The summed E-state index contributed by atoms with van der Waals surface area (Å²) in [5, 5.41) is 10.3. The van der Waals surface area contributed by atoms with Gasteiger partial charge in [0.05, 0.1) is 17.3 Å². The Bertz CT molecular complexity index is 548. The Morgan fingerprint density at radius 3 is 2.74 bits per heavy atom. The van der Waals surface area contributed by atoms with Crippen LogP contribution in [0.25, 0.3) is 0 Å². The highest BCUT2D eigenvalue weighted by Gasteiger charge is 2.16. The second-order valence-electron chi connectivity index (χ2n) is 4.37. The van der Waals surface area contributed by atoms with Crippen LogP contribution in [0.2, 0.25) is 0 Å². The normalized spacial score (nSPS) is 12.4. The maximum absolute atomic E-state index is 10.3. The van der Waals surface area contributed by atoms with Gasteiger partial charge in [0.25, 0.3) is 0 Å². The van der Waals surface area contributed by atoms with Gasteiger partial charge in [0.2, 0.25) is 0 Å². The van der Waals surface area contributed by atoms with Crippen LogP contribution in [0.1, 0.15) is 36.3 Å². The van der Waals surface area contributed by atoms with Gasteiger partial charge in [0, 0.05) is 5.56 Å². The molecule has 0 aliphatic carbocycles. The molecule has 4 heteroatoms. The van der Waals surface area contributed by atoms with Gasteiger partial charge in [-0.3, -0.25) is 0 Å². The Kier molecular flexibility index (Phi) is 4.66. The first kappa shape index (κ1) is 14.2. The Morgan fingerprint density at radius 1 is 1.37 bits per heavy atom. The summed E-state index contributed by atoms with van der Waals surface area (Å²) < 4.78 is 11.7. The molecule has 0 saturated heterocycles. The average molecular weight is 325 g/mol. The topological polar surface area (TPSA) is 42.6 Å². The molecular weight excluding hydrogens is 308 g/mol. The number of rotatable bonds is 5. The van der Waals surface area contributed by atoms with Crippen molar-refractivity contribution in [3.05, 3.63) is 51.9 Å². The fourth-order valence-electron chi connectivity index (χ4n) is 1.87. The van der Waals surface area contributed by atoms with Gasteiger partial charge in [0.15, 0.2) is 0 Å². The lowest BCUT2D eigenvalue weighted by atomic mass is 10.0. The molecule has 1 N–H and O–H groups in total. The molecule has 0 saturated carbocycles. The van der Waals surface area contributed by atoms with Crippen molar-refractivity contribution in [2.75, 3.05) is 6.61 Å². The van der Waals surface area contributed by atoms with Crippen molar-refractivity contribution in [1.29, 1.82) is 0 Å². The van der Waals surface area contributed by atoms with Crippen LogP contribution in [0.5, 0.6) is 5.75 Å². The van der Waals surface area contributed by atoms with Crippen LogP contribution in [0.15, 0.2) is 39.4 Å². The van der Waals surface area contributed by atoms with Gasteiger partial charge in [-0.15, -0.1) is 0 Å². The van der Waals surface area contributed by atoms with Gasteiger partial charge < -0.3 is 14.3 Å². The highest BCUT2D eigenvalue weighted by molar-refractivity contribution is 9.10. The molecule has 102 valence electrons. The summed E-state index contributed by atoms with van der Waals surface area (Å²) in [4.78, 5) is 0. The van der Waals surface area contributed by atoms with Crippen molar-refractivity contribution in [2.24, 2.45) is 0 Å². The quantitative estimate of drug-likeness (QED) is 0.895. The van der Waals surface area contributed by atoms with Crippen LogP contribution in [0.4, 0.5) is 0 Å². The molecule has 0 aliphatic heterocycles. The first-order chi connectivity index (χ1) is 9.13. The molecule has 0 radical (unpaired) electrons. The predicted octanol–water partition coefficient (Wildman–Crippen LogP) is 4.22. The zero-order valence-electron chi connectivity index (χ0n) is 11.0. The smallest absolute Gasteiger partial charge is 0.133 e. The van der Waals surface area contributed by atoms with Gasteiger partial charge in [-0.2, -0.15) is 0 Å². The highest BCUT2D eigenvalue weighted by atomic mass is 79.9. The molecule has 1 atom stereocenters. The molecule has 19 heavy (non-hydrogen) atoms. The SMILES string of the molecule is CCCOc1ccc(C(O)c2ccoc2C)cc1Br. The van der Waals surface area contributed by atoms with Crippen LogP contribution in [0, 0.1) is 6.92 Å². The largest absolute Gasteiger partial charge is 0.492 e. The van der Waals surface area contributed by atoms with Crippen LogP contribution in [0.3, 0.4) is 0 Å². The minimum Gasteiger partial charge on any atom is -0.492 e. The fourth-order valence-corrected chi connectivity index (χ4v) is 2.39. The first-order valence-corrected chi connectivity index (χ1v) is 7.07. The van der Waals surface area contributed by atoms with Gasteiger partial charge in [-0.05, 0) is 53.0 Å². The summed E-state index contributed by atoms with van der Waals surface area (Å²) in [6.45, 7) is 4.58. The average Bonchev–Trinajstić information content (AvgIpc) is 2.82. The lowest BCUT2D eigenvalue weighted by Crippen LogP contribution is -2.01. The van der Waals surface area contributed by atoms with Gasteiger partial charge >= 0.3 is 0 Å². The van der Waals surface area contributed by atoms with Crippen molar-refractivity contribution in [1.82, 2.24) is 0 Å². The fraction of sp³-hybridized carbons (Fsp3) is 0.333. The van der Waals surface area contributed by atoms with Crippen LogP contribution in [-0.4, -0.2) is 11.7 Å². The summed E-state index contributed by atoms with van der Waals surface area (Å²) in [5.74, 6) is 1.52. The van der Waals surface area contributed by atoms with E-state index in [0.29, 0.717) is 6.61 Å². The predicted molar refractivity (Wildman–Crippen MR) is 77.4 cm³/mol.